The number of pyridine rings is 1. The zero-order valence-corrected chi connectivity index (χ0v) is 20.7. The number of aliphatic hydroxyl groups is 1. The third kappa shape index (κ3) is 4.08. The normalized spacial score (nSPS) is 15.9. The predicted molar refractivity (Wildman–Crippen MR) is 137 cm³/mol. The molecule has 0 saturated carbocycles. The molecule has 3 heterocycles. The van der Waals surface area contributed by atoms with Crippen molar-refractivity contribution in [2.24, 2.45) is 0 Å². The van der Waals surface area contributed by atoms with Crippen molar-refractivity contribution in [2.45, 2.75) is 44.8 Å². The van der Waals surface area contributed by atoms with Crippen LogP contribution in [-0.2, 0) is 21.5 Å². The molecular weight excluding hydrogens is 454 g/mol. The number of carbonyl (C=O) groups excluding carboxylic acids is 2. The Morgan fingerprint density at radius 3 is 2.61 bits per heavy atom. The van der Waals surface area contributed by atoms with Gasteiger partial charge in [-0.15, -0.1) is 0 Å². The van der Waals surface area contributed by atoms with Gasteiger partial charge in [-0.05, 0) is 32.4 Å². The molecule has 1 spiro atoms. The first-order chi connectivity index (χ1) is 17.2. The van der Waals surface area contributed by atoms with E-state index in [4.69, 9.17) is 4.74 Å². The van der Waals surface area contributed by atoms with Crippen LogP contribution in [0, 0.1) is 11.8 Å². The number of amides is 2. The highest BCUT2D eigenvalue weighted by molar-refractivity contribution is 6.10. The average molecular weight is 484 g/mol. The van der Waals surface area contributed by atoms with Crippen molar-refractivity contribution in [1.29, 1.82) is 0 Å². The molecule has 1 N–H and O–H groups in total. The van der Waals surface area contributed by atoms with Crippen molar-refractivity contribution in [3.8, 4) is 11.8 Å². The van der Waals surface area contributed by atoms with Crippen LogP contribution < -0.4 is 4.90 Å². The third-order valence-electron chi connectivity index (χ3n) is 6.57. The van der Waals surface area contributed by atoms with Crippen molar-refractivity contribution < 1.29 is 19.4 Å². The number of carbonyl (C=O) groups is 2. The van der Waals surface area contributed by atoms with Crippen LogP contribution in [0.15, 0.2) is 54.7 Å². The summed E-state index contributed by atoms with van der Waals surface area (Å²) in [5.41, 5.74) is 1.82. The van der Waals surface area contributed by atoms with E-state index in [2.05, 4.69) is 16.8 Å². The molecule has 0 atom stereocenters. The highest BCUT2D eigenvalue weighted by Gasteiger charge is 2.59. The number of aliphatic hydroxyl groups excluding tert-OH is 1. The summed E-state index contributed by atoms with van der Waals surface area (Å²) in [6.45, 7) is 6.29. The van der Waals surface area contributed by atoms with Crippen LogP contribution in [0.2, 0.25) is 0 Å². The molecule has 0 unspecified atom stereocenters. The topological polar surface area (TPSA) is 83.0 Å². The molecule has 1 saturated heterocycles. The summed E-state index contributed by atoms with van der Waals surface area (Å²) in [5, 5.41) is 11.1. The smallest absolute Gasteiger partial charge is 0.410 e. The first-order valence-corrected chi connectivity index (χ1v) is 12.1. The van der Waals surface area contributed by atoms with Gasteiger partial charge in [0.05, 0.1) is 24.4 Å². The van der Waals surface area contributed by atoms with Gasteiger partial charge >= 0.3 is 6.09 Å². The lowest BCUT2D eigenvalue weighted by Gasteiger charge is -2.46. The largest absolute Gasteiger partial charge is 0.444 e. The molecule has 3 aromatic rings. The van der Waals surface area contributed by atoms with Crippen LogP contribution in [0.25, 0.3) is 10.8 Å². The van der Waals surface area contributed by atoms with Crippen molar-refractivity contribution in [3.05, 3.63) is 71.5 Å². The molecule has 2 aromatic carbocycles. The number of likely N-dealkylation sites (tertiary alicyclic amines) is 1. The number of hydrogen-bond donors (Lipinski definition) is 1. The maximum absolute atomic E-state index is 13.9. The van der Waals surface area contributed by atoms with E-state index in [1.807, 2.05) is 69.3 Å². The third-order valence-corrected chi connectivity index (χ3v) is 6.57. The van der Waals surface area contributed by atoms with Crippen molar-refractivity contribution in [3.63, 3.8) is 0 Å². The maximum atomic E-state index is 13.9. The Balaban J connectivity index is 1.48. The van der Waals surface area contributed by atoms with Gasteiger partial charge in [-0.1, -0.05) is 54.3 Å². The van der Waals surface area contributed by atoms with Gasteiger partial charge in [-0.3, -0.25) is 9.78 Å². The number of ether oxygens (including phenoxy) is 1. The molecule has 1 aromatic heterocycles. The number of nitrogens with zero attached hydrogens (tertiary/aromatic N) is 3. The van der Waals surface area contributed by atoms with Gasteiger partial charge in [0.2, 0.25) is 5.91 Å². The minimum atomic E-state index is -0.785. The van der Waals surface area contributed by atoms with Gasteiger partial charge in [0.25, 0.3) is 0 Å². The summed E-state index contributed by atoms with van der Waals surface area (Å²) in [6.07, 6.45) is 1.75. The molecule has 0 radical (unpaired) electrons. The Labute approximate surface area is 210 Å². The Morgan fingerprint density at radius 2 is 1.86 bits per heavy atom. The van der Waals surface area contributed by atoms with Gasteiger partial charge in [0, 0.05) is 42.2 Å². The molecule has 2 amide bonds. The highest BCUT2D eigenvalue weighted by atomic mass is 16.6. The van der Waals surface area contributed by atoms with Crippen LogP contribution in [0.1, 0.15) is 44.0 Å². The minimum Gasteiger partial charge on any atom is -0.444 e. The van der Waals surface area contributed by atoms with Crippen molar-refractivity contribution in [1.82, 2.24) is 9.88 Å². The Hall–Kier alpha value is -3.89. The number of hydrogen-bond acceptors (Lipinski definition) is 5. The van der Waals surface area contributed by atoms with Gasteiger partial charge in [0.1, 0.15) is 11.0 Å². The quantitative estimate of drug-likeness (QED) is 0.570. The molecule has 7 nitrogen and oxygen atoms in total. The number of rotatable bonds is 3. The lowest BCUT2D eigenvalue weighted by atomic mass is 9.75. The molecule has 184 valence electrons. The van der Waals surface area contributed by atoms with Gasteiger partial charge in [0.15, 0.2) is 0 Å². The van der Waals surface area contributed by atoms with Crippen LogP contribution >= 0.6 is 0 Å². The zero-order chi connectivity index (χ0) is 25.5. The van der Waals surface area contributed by atoms with E-state index in [1.54, 1.807) is 16.0 Å². The maximum Gasteiger partial charge on any atom is 0.410 e. The van der Waals surface area contributed by atoms with Crippen molar-refractivity contribution >= 4 is 28.5 Å². The fourth-order valence-electron chi connectivity index (χ4n) is 4.94. The van der Waals surface area contributed by atoms with Gasteiger partial charge in [-0.25, -0.2) is 4.79 Å². The van der Waals surface area contributed by atoms with E-state index < -0.39 is 17.1 Å². The predicted octanol–water partition coefficient (Wildman–Crippen LogP) is 4.00. The number of benzene rings is 2. The number of anilines is 1. The van der Waals surface area contributed by atoms with Crippen LogP contribution in [0.4, 0.5) is 10.5 Å². The molecule has 7 heteroatoms. The van der Waals surface area contributed by atoms with Crippen molar-refractivity contribution in [2.75, 3.05) is 24.6 Å². The second-order valence-corrected chi connectivity index (χ2v) is 10.3. The van der Waals surface area contributed by atoms with Crippen LogP contribution in [-0.4, -0.2) is 52.3 Å². The number of para-hydroxylation sites is 1. The van der Waals surface area contributed by atoms with E-state index in [0.29, 0.717) is 12.1 Å². The summed E-state index contributed by atoms with van der Waals surface area (Å²) >= 11 is 0. The number of fused-ring (bicyclic) bond motifs is 3. The monoisotopic (exact) mass is 483 g/mol. The Kier molecular flexibility index (Phi) is 5.93. The SMILES string of the molecule is CC(C)(C)OC(=O)N1CC2(C1)C(=O)N(Cc1ncc3ccccc3c1C#CCCO)c1ccccc12. The standard InChI is InChI=1S/C29H29N3O4/c1-28(2,3)36-27(35)31-18-29(19-31)23-13-6-7-14-25(23)32(26(29)34)17-24-22(12-8-9-15-33)21-11-5-4-10-20(21)16-30-24/h4-7,10-11,13-14,16,33H,9,15,17-19H2,1-3H3. The molecule has 5 rings (SSSR count). The first-order valence-electron chi connectivity index (χ1n) is 12.1. The Bertz CT molecular complexity index is 1410. The second kappa shape index (κ2) is 8.96. The summed E-state index contributed by atoms with van der Waals surface area (Å²) in [4.78, 5) is 34.5. The summed E-state index contributed by atoms with van der Waals surface area (Å²) in [5.74, 6) is 6.15. The van der Waals surface area contributed by atoms with Crippen LogP contribution in [0.5, 0.6) is 0 Å². The molecule has 0 aliphatic carbocycles. The summed E-state index contributed by atoms with van der Waals surface area (Å²) in [7, 11) is 0. The molecule has 2 aliphatic heterocycles. The lowest BCUT2D eigenvalue weighted by molar-refractivity contribution is -0.129. The lowest BCUT2D eigenvalue weighted by Crippen LogP contribution is -2.65. The second-order valence-electron chi connectivity index (χ2n) is 10.3. The van der Waals surface area contributed by atoms with E-state index >= 15 is 0 Å². The average Bonchev–Trinajstić information content (AvgIpc) is 3.06. The zero-order valence-electron chi connectivity index (χ0n) is 20.7. The van der Waals surface area contributed by atoms with E-state index in [0.717, 1.165) is 27.6 Å². The summed E-state index contributed by atoms with van der Waals surface area (Å²) < 4.78 is 5.51. The van der Waals surface area contributed by atoms with E-state index in [9.17, 15) is 14.7 Å². The molecule has 0 bridgehead atoms. The van der Waals surface area contributed by atoms with E-state index in [1.165, 1.54) is 0 Å². The van der Waals surface area contributed by atoms with Gasteiger partial charge < -0.3 is 19.6 Å². The fraction of sp³-hybridized carbons (Fsp3) is 0.345. The van der Waals surface area contributed by atoms with Gasteiger partial charge in [-0.2, -0.15) is 0 Å². The molecule has 36 heavy (non-hydrogen) atoms. The fourth-order valence-corrected chi connectivity index (χ4v) is 4.94. The highest BCUT2D eigenvalue weighted by Crippen LogP contribution is 2.48. The molecular formula is C29H29N3O4. The first kappa shape index (κ1) is 23.8. The van der Waals surface area contributed by atoms with Crippen LogP contribution in [0.3, 0.4) is 0 Å². The minimum absolute atomic E-state index is 0.0187. The summed E-state index contributed by atoms with van der Waals surface area (Å²) in [6, 6.07) is 15.6. The van der Waals surface area contributed by atoms with E-state index in [-0.39, 0.29) is 32.1 Å². The molecule has 2 aliphatic rings. The Morgan fingerprint density at radius 1 is 1.14 bits per heavy atom. The molecule has 1 fully saturated rings. The number of aromatic nitrogens is 1.